The molecule has 2 rings (SSSR count). The van der Waals surface area contributed by atoms with Crippen molar-refractivity contribution in [1.82, 2.24) is 0 Å². The van der Waals surface area contributed by atoms with Gasteiger partial charge < -0.3 is 0 Å². The lowest BCUT2D eigenvalue weighted by Gasteiger charge is -2.04. The van der Waals surface area contributed by atoms with Gasteiger partial charge in [-0.25, -0.2) is 0 Å². The monoisotopic (exact) mass is 152 g/mol. The Kier molecular flexibility index (Phi) is 1.55. The highest BCUT2D eigenvalue weighted by Crippen LogP contribution is 2.44. The third-order valence-corrected chi connectivity index (χ3v) is 2.76. The lowest BCUT2D eigenvalue weighted by atomic mass is 9.99. The van der Waals surface area contributed by atoms with Crippen molar-refractivity contribution in [3.63, 3.8) is 0 Å². The molecule has 0 heterocycles. The molecular formula is C9H12O2. The molecule has 0 radical (unpaired) electrons. The minimum absolute atomic E-state index is 0.0744. The van der Waals surface area contributed by atoms with E-state index < -0.39 is 0 Å². The molecule has 0 unspecified atom stereocenters. The van der Waals surface area contributed by atoms with Gasteiger partial charge in [0, 0.05) is 12.3 Å². The normalized spacial score (nSPS) is 37.5. The van der Waals surface area contributed by atoms with Gasteiger partial charge in [0.15, 0.2) is 5.78 Å². The molecule has 0 saturated heterocycles. The van der Waals surface area contributed by atoms with Gasteiger partial charge in [-0.3, -0.25) is 9.59 Å². The van der Waals surface area contributed by atoms with E-state index in [0.717, 1.165) is 19.3 Å². The Morgan fingerprint density at radius 2 is 2.00 bits per heavy atom. The average Bonchev–Trinajstić information content (AvgIpc) is 2.73. The molecule has 2 saturated carbocycles. The molecular weight excluding hydrogens is 140 g/mol. The summed E-state index contributed by atoms with van der Waals surface area (Å²) in [7, 11) is 0. The fraction of sp³-hybridized carbons (Fsp3) is 0.778. The van der Waals surface area contributed by atoms with Crippen molar-refractivity contribution < 1.29 is 9.59 Å². The van der Waals surface area contributed by atoms with Gasteiger partial charge in [-0.2, -0.15) is 0 Å². The van der Waals surface area contributed by atoms with Crippen molar-refractivity contribution in [3.05, 3.63) is 0 Å². The molecule has 60 valence electrons. The standard InChI is InChI=1S/C9H12O2/c10-8-4-2-1-3-6-5-7(6)9(8)11/h6-7H,1-5H2/t6-,7+/m1/s1. The summed E-state index contributed by atoms with van der Waals surface area (Å²) in [6, 6.07) is 0. The third kappa shape index (κ3) is 1.22. The number of fused-ring (bicyclic) bond motifs is 1. The highest BCUT2D eigenvalue weighted by Gasteiger charge is 2.45. The molecule has 2 aliphatic carbocycles. The van der Waals surface area contributed by atoms with Gasteiger partial charge in [-0.1, -0.05) is 6.42 Å². The Balaban J connectivity index is 2.06. The molecule has 2 aliphatic rings. The third-order valence-electron chi connectivity index (χ3n) is 2.76. The van der Waals surface area contributed by atoms with Gasteiger partial charge >= 0.3 is 0 Å². The van der Waals surface area contributed by atoms with E-state index in [9.17, 15) is 9.59 Å². The van der Waals surface area contributed by atoms with Gasteiger partial charge in [0.25, 0.3) is 0 Å². The number of hydrogen-bond donors (Lipinski definition) is 0. The van der Waals surface area contributed by atoms with Crippen molar-refractivity contribution in [2.75, 3.05) is 0 Å². The van der Waals surface area contributed by atoms with E-state index in [1.54, 1.807) is 0 Å². The first-order chi connectivity index (χ1) is 5.29. The number of Topliss-reactive ketones (excluding diaryl/α,β-unsaturated/α-hetero) is 2. The summed E-state index contributed by atoms with van der Waals surface area (Å²) in [5, 5.41) is 0. The number of rotatable bonds is 0. The highest BCUT2D eigenvalue weighted by molar-refractivity contribution is 6.38. The Hall–Kier alpha value is -0.660. The molecule has 0 spiro atoms. The number of carbonyl (C=O) groups excluding carboxylic acids is 2. The molecule has 0 aliphatic heterocycles. The number of carbonyl (C=O) groups is 2. The van der Waals surface area contributed by atoms with Crippen LogP contribution in [-0.2, 0) is 9.59 Å². The van der Waals surface area contributed by atoms with E-state index in [0.29, 0.717) is 12.3 Å². The highest BCUT2D eigenvalue weighted by atomic mass is 16.2. The van der Waals surface area contributed by atoms with E-state index in [-0.39, 0.29) is 17.5 Å². The maximum atomic E-state index is 11.2. The SMILES string of the molecule is O=C1CCCC[C@@H]2C[C@@H]2C1=O. The second kappa shape index (κ2) is 2.43. The van der Waals surface area contributed by atoms with Crippen molar-refractivity contribution >= 4 is 11.6 Å². The molecule has 0 aromatic rings. The summed E-state index contributed by atoms with van der Waals surface area (Å²) in [4.78, 5) is 22.2. The maximum absolute atomic E-state index is 11.2. The quantitative estimate of drug-likeness (QED) is 0.491. The summed E-state index contributed by atoms with van der Waals surface area (Å²) in [5.41, 5.74) is 0. The van der Waals surface area contributed by atoms with Crippen LogP contribution in [0.25, 0.3) is 0 Å². The van der Waals surface area contributed by atoms with E-state index in [4.69, 9.17) is 0 Å². The van der Waals surface area contributed by atoms with Crippen LogP contribution in [-0.4, -0.2) is 11.6 Å². The van der Waals surface area contributed by atoms with Crippen molar-refractivity contribution in [2.24, 2.45) is 11.8 Å². The average molecular weight is 152 g/mol. The minimum Gasteiger partial charge on any atom is -0.291 e. The zero-order chi connectivity index (χ0) is 7.84. The molecule has 2 atom stereocenters. The van der Waals surface area contributed by atoms with E-state index in [1.165, 1.54) is 6.42 Å². The molecule has 0 amide bonds. The molecule has 11 heavy (non-hydrogen) atoms. The summed E-state index contributed by atoms with van der Waals surface area (Å²) >= 11 is 0. The maximum Gasteiger partial charge on any atom is 0.201 e. The molecule has 2 fully saturated rings. The zero-order valence-electron chi connectivity index (χ0n) is 6.51. The molecule has 2 heteroatoms. The van der Waals surface area contributed by atoms with Gasteiger partial charge in [0.1, 0.15) is 0 Å². The van der Waals surface area contributed by atoms with Crippen molar-refractivity contribution in [3.8, 4) is 0 Å². The summed E-state index contributed by atoms with van der Waals surface area (Å²) in [6.07, 6.45) is 4.73. The van der Waals surface area contributed by atoms with Crippen molar-refractivity contribution in [1.29, 1.82) is 0 Å². The van der Waals surface area contributed by atoms with Crippen LogP contribution < -0.4 is 0 Å². The predicted octanol–water partition coefficient (Wildman–Crippen LogP) is 1.33. The first-order valence-electron chi connectivity index (χ1n) is 4.36. The Bertz CT molecular complexity index is 208. The molecule has 0 aromatic heterocycles. The topological polar surface area (TPSA) is 34.1 Å². The van der Waals surface area contributed by atoms with Crippen LogP contribution in [0.5, 0.6) is 0 Å². The van der Waals surface area contributed by atoms with Gasteiger partial charge in [-0.15, -0.1) is 0 Å². The van der Waals surface area contributed by atoms with Crippen LogP contribution in [0.2, 0.25) is 0 Å². The van der Waals surface area contributed by atoms with Crippen molar-refractivity contribution in [2.45, 2.75) is 32.1 Å². The first kappa shape index (κ1) is 7.01. The predicted molar refractivity (Wildman–Crippen MR) is 40.1 cm³/mol. The van der Waals surface area contributed by atoms with E-state index in [1.807, 2.05) is 0 Å². The molecule has 0 bridgehead atoms. The van der Waals surface area contributed by atoms with E-state index in [2.05, 4.69) is 0 Å². The molecule has 2 nitrogen and oxygen atoms in total. The zero-order valence-corrected chi connectivity index (χ0v) is 6.51. The van der Waals surface area contributed by atoms with Crippen LogP contribution in [0.15, 0.2) is 0 Å². The summed E-state index contributed by atoms with van der Waals surface area (Å²) in [6.45, 7) is 0. The van der Waals surface area contributed by atoms with Gasteiger partial charge in [-0.05, 0) is 25.2 Å². The summed E-state index contributed by atoms with van der Waals surface area (Å²) in [5.74, 6) is 0.529. The number of hydrogen-bond acceptors (Lipinski definition) is 2. The van der Waals surface area contributed by atoms with Gasteiger partial charge in [0.2, 0.25) is 5.78 Å². The fourth-order valence-electron chi connectivity index (χ4n) is 1.91. The number of ketones is 2. The Labute approximate surface area is 66.0 Å². The molecule has 0 N–H and O–H groups in total. The van der Waals surface area contributed by atoms with Crippen LogP contribution in [0.3, 0.4) is 0 Å². The second-order valence-corrected chi connectivity index (χ2v) is 3.64. The van der Waals surface area contributed by atoms with E-state index >= 15 is 0 Å². The lowest BCUT2D eigenvalue weighted by Crippen LogP contribution is -2.18. The largest absolute Gasteiger partial charge is 0.291 e. The second-order valence-electron chi connectivity index (χ2n) is 3.64. The van der Waals surface area contributed by atoms with Gasteiger partial charge in [0.05, 0.1) is 0 Å². The fourth-order valence-corrected chi connectivity index (χ4v) is 1.91. The smallest absolute Gasteiger partial charge is 0.201 e. The lowest BCUT2D eigenvalue weighted by molar-refractivity contribution is -0.137. The molecule has 0 aromatic carbocycles. The van der Waals surface area contributed by atoms with Crippen LogP contribution in [0, 0.1) is 11.8 Å². The Morgan fingerprint density at radius 1 is 1.18 bits per heavy atom. The van der Waals surface area contributed by atoms with Crippen LogP contribution in [0.4, 0.5) is 0 Å². The minimum atomic E-state index is -0.114. The summed E-state index contributed by atoms with van der Waals surface area (Å²) < 4.78 is 0. The van der Waals surface area contributed by atoms with Crippen LogP contribution >= 0.6 is 0 Å². The first-order valence-corrected chi connectivity index (χ1v) is 4.36. The van der Waals surface area contributed by atoms with Crippen LogP contribution in [0.1, 0.15) is 32.1 Å². The Morgan fingerprint density at radius 3 is 2.82 bits per heavy atom.